The smallest absolute Gasteiger partial charge is 0.0950 e. The minimum absolute atomic E-state index is 0.671. The molecule has 18 heavy (non-hydrogen) atoms. The van der Waals surface area contributed by atoms with Crippen molar-refractivity contribution in [3.8, 4) is 0 Å². The summed E-state index contributed by atoms with van der Waals surface area (Å²) in [6.45, 7) is 5.80. The zero-order valence-corrected chi connectivity index (χ0v) is 10.3. The molecule has 0 aliphatic rings. The molecule has 0 aliphatic carbocycles. The van der Waals surface area contributed by atoms with Gasteiger partial charge < -0.3 is 10.1 Å². The largest absolute Gasteiger partial charge is 0.381 e. The first-order chi connectivity index (χ1) is 8.92. The first kappa shape index (κ1) is 12.5. The lowest BCUT2D eigenvalue weighted by atomic mass is 10.2. The van der Waals surface area contributed by atoms with E-state index < -0.39 is 0 Å². The number of hydrogen-bond donors (Lipinski definition) is 1. The van der Waals surface area contributed by atoms with Crippen LogP contribution in [0, 0.1) is 0 Å². The standard InChI is InChI=1S/C14H17N3O/c1-2-3-9-18-10-8-15-14-11-16-17-13-7-5-4-6-12(13)14/h2,4-7,11H,1,3,8-10H2,(H,15,17). The van der Waals surface area contributed by atoms with E-state index in [0.717, 1.165) is 36.2 Å². The van der Waals surface area contributed by atoms with Crippen LogP contribution in [0.4, 0.5) is 5.69 Å². The van der Waals surface area contributed by atoms with E-state index >= 15 is 0 Å². The fraction of sp³-hybridized carbons (Fsp3) is 0.286. The van der Waals surface area contributed by atoms with Crippen LogP contribution in [-0.2, 0) is 4.74 Å². The van der Waals surface area contributed by atoms with Gasteiger partial charge in [0.15, 0.2) is 0 Å². The first-order valence-electron chi connectivity index (χ1n) is 6.05. The van der Waals surface area contributed by atoms with Crippen LogP contribution in [0.15, 0.2) is 43.1 Å². The van der Waals surface area contributed by atoms with Crippen LogP contribution < -0.4 is 5.32 Å². The van der Waals surface area contributed by atoms with Gasteiger partial charge in [0.25, 0.3) is 0 Å². The van der Waals surface area contributed by atoms with Crippen LogP contribution in [0.5, 0.6) is 0 Å². The molecule has 0 unspecified atom stereocenters. The maximum Gasteiger partial charge on any atom is 0.0950 e. The normalized spacial score (nSPS) is 10.4. The summed E-state index contributed by atoms with van der Waals surface area (Å²) in [5.41, 5.74) is 1.89. The number of aromatic nitrogens is 2. The van der Waals surface area contributed by atoms with Gasteiger partial charge in [-0.15, -0.1) is 6.58 Å². The van der Waals surface area contributed by atoms with Gasteiger partial charge in [-0.1, -0.05) is 24.3 Å². The van der Waals surface area contributed by atoms with Gasteiger partial charge >= 0.3 is 0 Å². The highest BCUT2D eigenvalue weighted by Crippen LogP contribution is 2.19. The number of nitrogens with zero attached hydrogens (tertiary/aromatic N) is 2. The highest BCUT2D eigenvalue weighted by Gasteiger charge is 2.00. The van der Waals surface area contributed by atoms with E-state index in [1.807, 2.05) is 30.3 Å². The number of fused-ring (bicyclic) bond motifs is 1. The lowest BCUT2D eigenvalue weighted by Gasteiger charge is -2.08. The maximum absolute atomic E-state index is 5.44. The SMILES string of the molecule is C=CCCOCCNc1cnnc2ccccc12. The third-order valence-corrected chi connectivity index (χ3v) is 2.57. The molecular weight excluding hydrogens is 226 g/mol. The van der Waals surface area contributed by atoms with Crippen molar-refractivity contribution in [1.29, 1.82) is 0 Å². The van der Waals surface area contributed by atoms with Crippen molar-refractivity contribution in [3.63, 3.8) is 0 Å². The van der Waals surface area contributed by atoms with Crippen LogP contribution in [0.3, 0.4) is 0 Å². The Kier molecular flexibility index (Phi) is 4.67. The van der Waals surface area contributed by atoms with Gasteiger partial charge in [-0.2, -0.15) is 10.2 Å². The Balaban J connectivity index is 1.89. The quantitative estimate of drug-likeness (QED) is 0.600. The molecule has 94 valence electrons. The summed E-state index contributed by atoms with van der Waals surface area (Å²) in [6, 6.07) is 7.94. The van der Waals surface area contributed by atoms with Gasteiger partial charge in [-0.05, 0) is 12.5 Å². The molecule has 1 aromatic carbocycles. The minimum Gasteiger partial charge on any atom is -0.381 e. The molecule has 0 amide bonds. The Labute approximate surface area is 107 Å². The van der Waals surface area contributed by atoms with Crippen LogP contribution in [0.1, 0.15) is 6.42 Å². The van der Waals surface area contributed by atoms with Gasteiger partial charge in [-0.25, -0.2) is 0 Å². The summed E-state index contributed by atoms with van der Waals surface area (Å²) in [6.07, 6.45) is 4.49. The van der Waals surface area contributed by atoms with E-state index in [1.165, 1.54) is 0 Å². The molecule has 0 radical (unpaired) electrons. The predicted molar refractivity (Wildman–Crippen MR) is 73.7 cm³/mol. The van der Waals surface area contributed by atoms with Crippen molar-refractivity contribution >= 4 is 16.6 Å². The summed E-state index contributed by atoms with van der Waals surface area (Å²) >= 11 is 0. The summed E-state index contributed by atoms with van der Waals surface area (Å²) in [5, 5.41) is 12.4. The van der Waals surface area contributed by atoms with E-state index in [2.05, 4.69) is 22.1 Å². The molecular formula is C14H17N3O. The van der Waals surface area contributed by atoms with E-state index in [9.17, 15) is 0 Å². The number of benzene rings is 1. The molecule has 4 heteroatoms. The van der Waals surface area contributed by atoms with Crippen LogP contribution in [0.2, 0.25) is 0 Å². The zero-order chi connectivity index (χ0) is 12.6. The number of rotatable bonds is 7. The Morgan fingerprint density at radius 3 is 3.06 bits per heavy atom. The van der Waals surface area contributed by atoms with E-state index in [1.54, 1.807) is 6.20 Å². The number of ether oxygens (including phenoxy) is 1. The van der Waals surface area contributed by atoms with Crippen LogP contribution in [-0.4, -0.2) is 30.0 Å². The predicted octanol–water partition coefficient (Wildman–Crippen LogP) is 2.63. The molecule has 0 spiro atoms. The minimum atomic E-state index is 0.671. The summed E-state index contributed by atoms with van der Waals surface area (Å²) in [5.74, 6) is 0. The fourth-order valence-corrected chi connectivity index (χ4v) is 1.67. The molecule has 0 atom stereocenters. The molecule has 1 N–H and O–H groups in total. The van der Waals surface area contributed by atoms with Crippen LogP contribution in [0.25, 0.3) is 10.9 Å². The van der Waals surface area contributed by atoms with Gasteiger partial charge in [0.05, 0.1) is 30.6 Å². The van der Waals surface area contributed by atoms with Crippen LogP contribution >= 0.6 is 0 Å². The average Bonchev–Trinajstić information content (AvgIpc) is 2.43. The molecule has 0 bridgehead atoms. The van der Waals surface area contributed by atoms with Crippen molar-refractivity contribution in [2.24, 2.45) is 0 Å². The number of hydrogen-bond acceptors (Lipinski definition) is 4. The Morgan fingerprint density at radius 2 is 2.17 bits per heavy atom. The molecule has 2 aromatic rings. The van der Waals surface area contributed by atoms with Crippen molar-refractivity contribution < 1.29 is 4.74 Å². The van der Waals surface area contributed by atoms with Gasteiger partial charge in [-0.3, -0.25) is 0 Å². The molecule has 0 fully saturated rings. The Morgan fingerprint density at radius 1 is 1.28 bits per heavy atom. The number of nitrogens with one attached hydrogen (secondary N) is 1. The van der Waals surface area contributed by atoms with Gasteiger partial charge in [0, 0.05) is 11.9 Å². The lowest BCUT2D eigenvalue weighted by molar-refractivity contribution is 0.149. The molecule has 1 heterocycles. The summed E-state index contributed by atoms with van der Waals surface area (Å²) in [4.78, 5) is 0. The number of anilines is 1. The summed E-state index contributed by atoms with van der Waals surface area (Å²) < 4.78 is 5.44. The van der Waals surface area contributed by atoms with Crippen molar-refractivity contribution in [2.75, 3.05) is 25.1 Å². The van der Waals surface area contributed by atoms with Crippen molar-refractivity contribution in [3.05, 3.63) is 43.1 Å². The second-order valence-corrected chi connectivity index (χ2v) is 3.89. The average molecular weight is 243 g/mol. The second-order valence-electron chi connectivity index (χ2n) is 3.89. The van der Waals surface area contributed by atoms with Gasteiger partial charge in [0.1, 0.15) is 0 Å². The second kappa shape index (κ2) is 6.71. The van der Waals surface area contributed by atoms with E-state index in [-0.39, 0.29) is 0 Å². The third-order valence-electron chi connectivity index (χ3n) is 2.57. The monoisotopic (exact) mass is 243 g/mol. The fourth-order valence-electron chi connectivity index (χ4n) is 1.67. The molecule has 1 aromatic heterocycles. The molecule has 2 rings (SSSR count). The first-order valence-corrected chi connectivity index (χ1v) is 6.05. The summed E-state index contributed by atoms with van der Waals surface area (Å²) in [7, 11) is 0. The Hall–Kier alpha value is -1.94. The van der Waals surface area contributed by atoms with E-state index in [4.69, 9.17) is 4.74 Å². The topological polar surface area (TPSA) is 47.0 Å². The zero-order valence-electron chi connectivity index (χ0n) is 10.3. The maximum atomic E-state index is 5.44. The van der Waals surface area contributed by atoms with Gasteiger partial charge in [0.2, 0.25) is 0 Å². The highest BCUT2D eigenvalue weighted by molar-refractivity contribution is 5.90. The lowest BCUT2D eigenvalue weighted by Crippen LogP contribution is -2.10. The van der Waals surface area contributed by atoms with Crippen molar-refractivity contribution in [1.82, 2.24) is 10.2 Å². The Bertz CT molecular complexity index is 508. The van der Waals surface area contributed by atoms with Crippen molar-refractivity contribution in [2.45, 2.75) is 6.42 Å². The molecule has 0 aliphatic heterocycles. The molecule has 0 saturated carbocycles. The molecule has 4 nitrogen and oxygen atoms in total. The third kappa shape index (κ3) is 3.28. The highest BCUT2D eigenvalue weighted by atomic mass is 16.5. The molecule has 0 saturated heterocycles. The van der Waals surface area contributed by atoms with E-state index in [0.29, 0.717) is 6.61 Å².